The van der Waals surface area contributed by atoms with Crippen molar-refractivity contribution in [3.8, 4) is 17.2 Å². The SMILES string of the molecule is COc1ccc(CCC(=O)N[C@H]2CCCc3c2cnn3C)c(OC)c1OC. The standard InChI is InChI=1S/C20H27N3O4/c1-23-16-7-5-6-15(14(16)12-21-23)22-18(24)11-9-13-8-10-17(25-2)20(27-4)19(13)26-3/h8,10,12,15H,5-7,9,11H2,1-4H3,(H,22,24)/t15-/m0/s1. The van der Waals surface area contributed by atoms with Crippen LogP contribution in [0, 0.1) is 0 Å². The fourth-order valence-electron chi connectivity index (χ4n) is 3.73. The summed E-state index contributed by atoms with van der Waals surface area (Å²) in [6, 6.07) is 3.78. The average molecular weight is 373 g/mol. The minimum absolute atomic E-state index is 0.0218. The van der Waals surface area contributed by atoms with Gasteiger partial charge in [-0.25, -0.2) is 0 Å². The lowest BCUT2D eigenvalue weighted by molar-refractivity contribution is -0.121. The molecule has 0 fully saturated rings. The molecule has 146 valence electrons. The van der Waals surface area contributed by atoms with Gasteiger partial charge in [0.05, 0.1) is 33.6 Å². The second kappa shape index (κ2) is 8.33. The Morgan fingerprint density at radius 2 is 2.00 bits per heavy atom. The Kier molecular flexibility index (Phi) is 5.88. The first-order valence-corrected chi connectivity index (χ1v) is 9.17. The highest BCUT2D eigenvalue weighted by Gasteiger charge is 2.25. The summed E-state index contributed by atoms with van der Waals surface area (Å²) in [5.41, 5.74) is 3.27. The Bertz CT molecular complexity index is 816. The molecule has 1 aromatic heterocycles. The number of hydrogen-bond donors (Lipinski definition) is 1. The van der Waals surface area contributed by atoms with Crippen LogP contribution < -0.4 is 19.5 Å². The van der Waals surface area contributed by atoms with Gasteiger partial charge in [-0.3, -0.25) is 9.48 Å². The van der Waals surface area contributed by atoms with E-state index in [0.717, 1.165) is 30.4 Å². The van der Waals surface area contributed by atoms with E-state index in [4.69, 9.17) is 14.2 Å². The summed E-state index contributed by atoms with van der Waals surface area (Å²) in [4.78, 5) is 12.5. The molecule has 0 saturated heterocycles. The van der Waals surface area contributed by atoms with Crippen molar-refractivity contribution in [2.45, 2.75) is 38.1 Å². The van der Waals surface area contributed by atoms with Crippen LogP contribution in [0.1, 0.15) is 42.1 Å². The zero-order valence-electron chi connectivity index (χ0n) is 16.4. The highest BCUT2D eigenvalue weighted by atomic mass is 16.5. The smallest absolute Gasteiger partial charge is 0.220 e. The molecule has 1 aliphatic carbocycles. The number of carbonyl (C=O) groups excluding carboxylic acids is 1. The Morgan fingerprint density at radius 3 is 2.70 bits per heavy atom. The summed E-state index contributed by atoms with van der Waals surface area (Å²) in [6.07, 6.45) is 5.82. The molecule has 1 N–H and O–H groups in total. The van der Waals surface area contributed by atoms with Crippen LogP contribution in [0.5, 0.6) is 17.2 Å². The van der Waals surface area contributed by atoms with Crippen LogP contribution in [-0.2, 0) is 24.7 Å². The Balaban J connectivity index is 1.66. The molecule has 3 rings (SSSR count). The van der Waals surface area contributed by atoms with Crippen LogP contribution in [0.4, 0.5) is 0 Å². The van der Waals surface area contributed by atoms with Gasteiger partial charge in [-0.05, 0) is 37.3 Å². The molecule has 0 radical (unpaired) electrons. The van der Waals surface area contributed by atoms with E-state index in [1.807, 2.05) is 30.1 Å². The molecule has 7 nitrogen and oxygen atoms in total. The van der Waals surface area contributed by atoms with Crippen molar-refractivity contribution in [1.82, 2.24) is 15.1 Å². The first-order chi connectivity index (χ1) is 13.1. The summed E-state index contributed by atoms with van der Waals surface area (Å²) in [6.45, 7) is 0. The molecule has 0 unspecified atom stereocenters. The molecule has 27 heavy (non-hydrogen) atoms. The molecule has 1 atom stereocenters. The normalized spacial score (nSPS) is 15.8. The highest BCUT2D eigenvalue weighted by Crippen LogP contribution is 2.40. The number of nitrogens with zero attached hydrogens (tertiary/aromatic N) is 2. The van der Waals surface area contributed by atoms with Gasteiger partial charge in [0.15, 0.2) is 11.5 Å². The van der Waals surface area contributed by atoms with E-state index in [-0.39, 0.29) is 11.9 Å². The number of aromatic nitrogens is 2. The number of hydrogen-bond acceptors (Lipinski definition) is 5. The van der Waals surface area contributed by atoms with E-state index >= 15 is 0 Å². The summed E-state index contributed by atoms with van der Waals surface area (Å²) in [5.74, 6) is 1.78. The van der Waals surface area contributed by atoms with Crippen molar-refractivity contribution in [1.29, 1.82) is 0 Å². The molecule has 2 aromatic rings. The van der Waals surface area contributed by atoms with Gasteiger partial charge in [0.1, 0.15) is 0 Å². The van der Waals surface area contributed by atoms with E-state index in [9.17, 15) is 4.79 Å². The number of aryl methyl sites for hydroxylation is 2. The van der Waals surface area contributed by atoms with Gasteiger partial charge in [-0.15, -0.1) is 0 Å². The Morgan fingerprint density at radius 1 is 1.22 bits per heavy atom. The van der Waals surface area contributed by atoms with Crippen molar-refractivity contribution in [2.75, 3.05) is 21.3 Å². The maximum atomic E-state index is 12.5. The second-order valence-corrected chi connectivity index (χ2v) is 6.68. The lowest BCUT2D eigenvalue weighted by atomic mass is 9.93. The molecule has 0 aliphatic heterocycles. The molecule has 0 saturated carbocycles. The van der Waals surface area contributed by atoms with Crippen LogP contribution in [-0.4, -0.2) is 37.0 Å². The van der Waals surface area contributed by atoms with Gasteiger partial charge in [0, 0.05) is 24.7 Å². The molecule has 1 heterocycles. The predicted molar refractivity (Wildman–Crippen MR) is 101 cm³/mol. The van der Waals surface area contributed by atoms with Crippen molar-refractivity contribution in [3.05, 3.63) is 35.2 Å². The van der Waals surface area contributed by atoms with Crippen molar-refractivity contribution in [3.63, 3.8) is 0 Å². The average Bonchev–Trinajstić information content (AvgIpc) is 3.07. The number of amides is 1. The predicted octanol–water partition coefficient (Wildman–Crippen LogP) is 2.57. The third-order valence-electron chi connectivity index (χ3n) is 5.12. The Hall–Kier alpha value is -2.70. The third kappa shape index (κ3) is 3.86. The van der Waals surface area contributed by atoms with E-state index in [1.165, 1.54) is 5.69 Å². The van der Waals surface area contributed by atoms with Gasteiger partial charge < -0.3 is 19.5 Å². The lowest BCUT2D eigenvalue weighted by Crippen LogP contribution is -2.31. The first kappa shape index (κ1) is 19.1. The zero-order chi connectivity index (χ0) is 19.4. The molecular weight excluding hydrogens is 346 g/mol. The minimum Gasteiger partial charge on any atom is -0.493 e. The van der Waals surface area contributed by atoms with Gasteiger partial charge in [-0.2, -0.15) is 5.10 Å². The number of ether oxygens (including phenoxy) is 3. The molecule has 7 heteroatoms. The summed E-state index contributed by atoms with van der Waals surface area (Å²) in [7, 11) is 6.70. The maximum Gasteiger partial charge on any atom is 0.220 e. The second-order valence-electron chi connectivity index (χ2n) is 6.68. The minimum atomic E-state index is 0.0218. The zero-order valence-corrected chi connectivity index (χ0v) is 16.4. The number of fused-ring (bicyclic) bond motifs is 1. The van der Waals surface area contributed by atoms with Crippen LogP contribution in [0.3, 0.4) is 0 Å². The number of methoxy groups -OCH3 is 3. The molecule has 0 spiro atoms. The largest absolute Gasteiger partial charge is 0.493 e. The molecular formula is C20H27N3O4. The van der Waals surface area contributed by atoms with Gasteiger partial charge in [-0.1, -0.05) is 6.07 Å². The first-order valence-electron chi connectivity index (χ1n) is 9.17. The fourth-order valence-corrected chi connectivity index (χ4v) is 3.73. The van der Waals surface area contributed by atoms with Crippen molar-refractivity contribution in [2.24, 2.45) is 7.05 Å². The van der Waals surface area contributed by atoms with Crippen LogP contribution >= 0.6 is 0 Å². The summed E-state index contributed by atoms with van der Waals surface area (Å²) >= 11 is 0. The number of rotatable bonds is 7. The fraction of sp³-hybridized carbons (Fsp3) is 0.500. The Labute approximate surface area is 159 Å². The van der Waals surface area contributed by atoms with Gasteiger partial charge >= 0.3 is 0 Å². The quantitative estimate of drug-likeness (QED) is 0.807. The van der Waals surface area contributed by atoms with E-state index in [1.54, 1.807) is 21.3 Å². The van der Waals surface area contributed by atoms with E-state index < -0.39 is 0 Å². The van der Waals surface area contributed by atoms with Crippen molar-refractivity contribution < 1.29 is 19.0 Å². The number of benzene rings is 1. The molecule has 0 bridgehead atoms. The molecule has 1 amide bonds. The number of carbonyl (C=O) groups is 1. The highest BCUT2D eigenvalue weighted by molar-refractivity contribution is 5.77. The molecule has 1 aromatic carbocycles. The topological polar surface area (TPSA) is 74.6 Å². The van der Waals surface area contributed by atoms with Gasteiger partial charge in [0.2, 0.25) is 11.7 Å². The lowest BCUT2D eigenvalue weighted by Gasteiger charge is -2.24. The third-order valence-corrected chi connectivity index (χ3v) is 5.12. The van der Waals surface area contributed by atoms with Crippen molar-refractivity contribution >= 4 is 5.91 Å². The number of nitrogens with one attached hydrogen (secondary N) is 1. The monoisotopic (exact) mass is 373 g/mol. The van der Waals surface area contributed by atoms with E-state index in [0.29, 0.717) is 30.1 Å². The summed E-state index contributed by atoms with van der Waals surface area (Å²) in [5, 5.41) is 7.49. The summed E-state index contributed by atoms with van der Waals surface area (Å²) < 4.78 is 18.1. The molecule has 1 aliphatic rings. The van der Waals surface area contributed by atoms with E-state index in [2.05, 4.69) is 10.4 Å². The van der Waals surface area contributed by atoms with Crippen LogP contribution in [0.15, 0.2) is 18.3 Å². The van der Waals surface area contributed by atoms with Crippen LogP contribution in [0.25, 0.3) is 0 Å². The maximum absolute atomic E-state index is 12.5. The van der Waals surface area contributed by atoms with Crippen LogP contribution in [0.2, 0.25) is 0 Å². The van der Waals surface area contributed by atoms with Gasteiger partial charge in [0.25, 0.3) is 0 Å².